The molecule has 0 radical (unpaired) electrons. The van der Waals surface area contributed by atoms with E-state index in [9.17, 15) is 9.59 Å². The molecule has 0 aromatic heterocycles. The third-order valence-electron chi connectivity index (χ3n) is 3.18. The van der Waals surface area contributed by atoms with Gasteiger partial charge in [-0.15, -0.1) is 11.8 Å². The Kier molecular flexibility index (Phi) is 5.54. The van der Waals surface area contributed by atoms with Gasteiger partial charge in [-0.2, -0.15) is 0 Å². The summed E-state index contributed by atoms with van der Waals surface area (Å²) in [7, 11) is 0. The van der Waals surface area contributed by atoms with Gasteiger partial charge >= 0.3 is 11.9 Å². The number of carbonyl (C=O) groups excluding carboxylic acids is 1. The summed E-state index contributed by atoms with van der Waals surface area (Å²) >= 11 is 1.47. The topological polar surface area (TPSA) is 87.7 Å². The van der Waals surface area contributed by atoms with E-state index in [-0.39, 0.29) is 12.4 Å². The second kappa shape index (κ2) is 7.40. The summed E-state index contributed by atoms with van der Waals surface area (Å²) in [6.07, 6.45) is 0.924. The summed E-state index contributed by atoms with van der Waals surface area (Å²) < 4.78 is 4.88. The fourth-order valence-corrected chi connectivity index (χ4v) is 3.51. The molecule has 6 nitrogen and oxygen atoms in total. The van der Waals surface area contributed by atoms with Gasteiger partial charge in [0.05, 0.1) is 24.4 Å². The molecular weight excluding hydrogens is 304 g/mol. The molecule has 0 aliphatic carbocycles. The van der Waals surface area contributed by atoms with Crippen LogP contribution in [0.15, 0.2) is 24.3 Å². The largest absolute Gasteiger partial charge is 0.481 e. The van der Waals surface area contributed by atoms with Crippen LogP contribution in [0.3, 0.4) is 0 Å². The Morgan fingerprint density at radius 2 is 1.91 bits per heavy atom. The maximum atomic E-state index is 11.3. The van der Waals surface area contributed by atoms with E-state index >= 15 is 0 Å². The highest BCUT2D eigenvalue weighted by atomic mass is 32.2. The summed E-state index contributed by atoms with van der Waals surface area (Å²) in [5.74, 6) is -0.447. The smallest absolute Gasteiger partial charge is 0.308 e. The number of carboxylic acid groups (broad SMARTS) is 1. The number of carboxylic acids is 1. The van der Waals surface area contributed by atoms with E-state index in [0.29, 0.717) is 25.2 Å². The molecule has 0 unspecified atom stereocenters. The number of hydrogen-bond donors (Lipinski definition) is 3. The van der Waals surface area contributed by atoms with Crippen molar-refractivity contribution in [3.8, 4) is 0 Å². The fourth-order valence-electron chi connectivity index (χ4n) is 2.29. The average Bonchev–Trinajstić information content (AvgIpc) is 2.81. The highest BCUT2D eigenvalue weighted by Crippen LogP contribution is 2.41. The molecule has 0 saturated carbocycles. The lowest BCUT2D eigenvalue weighted by Crippen LogP contribution is -2.40. The zero-order valence-electron chi connectivity index (χ0n) is 12.4. The predicted octanol–water partition coefficient (Wildman–Crippen LogP) is 2.73. The van der Waals surface area contributed by atoms with Crippen molar-refractivity contribution in [2.45, 2.75) is 31.2 Å². The van der Waals surface area contributed by atoms with Crippen LogP contribution in [0.4, 0.5) is 11.4 Å². The Morgan fingerprint density at radius 1 is 1.27 bits per heavy atom. The number of thioether (sulfide) groups is 1. The molecule has 0 amide bonds. The van der Waals surface area contributed by atoms with Crippen LogP contribution in [0, 0.1) is 0 Å². The van der Waals surface area contributed by atoms with E-state index in [0.717, 1.165) is 11.4 Å². The highest BCUT2D eigenvalue weighted by Gasteiger charge is 2.38. The Bertz CT molecular complexity index is 525. The van der Waals surface area contributed by atoms with Crippen LogP contribution in [-0.2, 0) is 14.3 Å². The van der Waals surface area contributed by atoms with Gasteiger partial charge in [0.25, 0.3) is 0 Å². The molecule has 1 aliphatic heterocycles. The molecule has 0 bridgehead atoms. The summed E-state index contributed by atoms with van der Waals surface area (Å²) in [6.45, 7) is 2.16. The molecule has 7 heteroatoms. The second-order valence-electron chi connectivity index (χ2n) is 4.95. The maximum absolute atomic E-state index is 11.3. The first kappa shape index (κ1) is 16.5. The Morgan fingerprint density at radius 3 is 2.45 bits per heavy atom. The van der Waals surface area contributed by atoms with Gasteiger partial charge in [0, 0.05) is 6.42 Å². The molecule has 120 valence electrons. The third kappa shape index (κ3) is 4.30. The minimum Gasteiger partial charge on any atom is -0.481 e. The number of rotatable bonds is 8. The molecule has 1 aromatic rings. The van der Waals surface area contributed by atoms with Crippen LogP contribution >= 0.6 is 11.8 Å². The minimum atomic E-state index is -0.884. The number of carbonyl (C=O) groups is 2. The number of anilines is 2. The SMILES string of the molecule is CCOC(=O)CCCSC1(CC(=O)O)Nc2ccccc2N1. The van der Waals surface area contributed by atoms with Gasteiger partial charge in [-0.1, -0.05) is 12.1 Å². The van der Waals surface area contributed by atoms with Crippen LogP contribution < -0.4 is 10.6 Å². The predicted molar refractivity (Wildman–Crippen MR) is 87.0 cm³/mol. The molecular formula is C15H20N2O4S. The summed E-state index contributed by atoms with van der Waals surface area (Å²) in [5, 5.41) is 15.7. The molecule has 22 heavy (non-hydrogen) atoms. The summed E-state index contributed by atoms with van der Waals surface area (Å²) in [5.41, 5.74) is 1.78. The number of para-hydroxylation sites is 2. The lowest BCUT2D eigenvalue weighted by atomic mass is 10.3. The molecule has 1 aliphatic rings. The summed E-state index contributed by atoms with van der Waals surface area (Å²) in [6, 6.07) is 7.61. The number of nitrogens with one attached hydrogen (secondary N) is 2. The van der Waals surface area contributed by atoms with Crippen molar-refractivity contribution in [3.05, 3.63) is 24.3 Å². The van der Waals surface area contributed by atoms with Crippen molar-refractivity contribution < 1.29 is 19.4 Å². The Hall–Kier alpha value is -1.89. The number of benzene rings is 1. The van der Waals surface area contributed by atoms with E-state index in [1.54, 1.807) is 6.92 Å². The van der Waals surface area contributed by atoms with Crippen molar-refractivity contribution in [2.75, 3.05) is 23.0 Å². The molecule has 0 atom stereocenters. The number of ether oxygens (including phenoxy) is 1. The van der Waals surface area contributed by atoms with Gasteiger partial charge in [0.15, 0.2) is 4.99 Å². The normalized spacial score (nSPS) is 14.6. The van der Waals surface area contributed by atoms with Gasteiger partial charge < -0.3 is 20.5 Å². The monoisotopic (exact) mass is 324 g/mol. The van der Waals surface area contributed by atoms with Crippen LogP contribution in [0.5, 0.6) is 0 Å². The van der Waals surface area contributed by atoms with Gasteiger partial charge in [0.2, 0.25) is 0 Å². The highest BCUT2D eigenvalue weighted by molar-refractivity contribution is 8.00. The molecule has 0 fully saturated rings. The lowest BCUT2D eigenvalue weighted by molar-refractivity contribution is -0.143. The third-order valence-corrected chi connectivity index (χ3v) is 4.51. The van der Waals surface area contributed by atoms with E-state index in [4.69, 9.17) is 9.84 Å². The number of aliphatic carboxylic acids is 1. The number of hydrogen-bond acceptors (Lipinski definition) is 6. The zero-order valence-corrected chi connectivity index (χ0v) is 13.2. The lowest BCUT2D eigenvalue weighted by Gasteiger charge is -2.28. The summed E-state index contributed by atoms with van der Waals surface area (Å²) in [4.78, 5) is 21.7. The van der Waals surface area contributed by atoms with Gasteiger partial charge in [-0.25, -0.2) is 0 Å². The van der Waals surface area contributed by atoms with E-state index in [1.807, 2.05) is 24.3 Å². The Labute approximate surface area is 133 Å². The average molecular weight is 324 g/mol. The van der Waals surface area contributed by atoms with Crippen LogP contribution in [0.2, 0.25) is 0 Å². The maximum Gasteiger partial charge on any atom is 0.308 e. The minimum absolute atomic E-state index is 0.0637. The first-order valence-corrected chi connectivity index (χ1v) is 8.20. The molecule has 1 heterocycles. The molecule has 1 aromatic carbocycles. The van der Waals surface area contributed by atoms with Crippen LogP contribution in [0.1, 0.15) is 26.2 Å². The zero-order chi connectivity index (χ0) is 16.0. The molecule has 2 rings (SSSR count). The standard InChI is InChI=1S/C15H20N2O4S/c1-2-21-14(20)8-5-9-22-15(10-13(18)19)16-11-6-3-4-7-12(11)17-15/h3-4,6-7,16-17H,2,5,8-10H2,1H3,(H,18,19). The van der Waals surface area contributed by atoms with Gasteiger partial charge in [-0.3, -0.25) is 9.59 Å². The van der Waals surface area contributed by atoms with Crippen molar-refractivity contribution >= 4 is 35.1 Å². The van der Waals surface area contributed by atoms with Crippen molar-refractivity contribution in [1.29, 1.82) is 0 Å². The first-order chi connectivity index (χ1) is 10.5. The van der Waals surface area contributed by atoms with E-state index < -0.39 is 11.0 Å². The van der Waals surface area contributed by atoms with Crippen molar-refractivity contribution in [2.24, 2.45) is 0 Å². The fraction of sp³-hybridized carbons (Fsp3) is 0.467. The van der Waals surface area contributed by atoms with Gasteiger partial charge in [0.1, 0.15) is 0 Å². The van der Waals surface area contributed by atoms with Crippen molar-refractivity contribution in [1.82, 2.24) is 0 Å². The van der Waals surface area contributed by atoms with E-state index in [2.05, 4.69) is 10.6 Å². The Balaban J connectivity index is 1.91. The van der Waals surface area contributed by atoms with Crippen LogP contribution in [0.25, 0.3) is 0 Å². The van der Waals surface area contributed by atoms with Gasteiger partial charge in [-0.05, 0) is 31.2 Å². The number of esters is 1. The molecule has 3 N–H and O–H groups in total. The van der Waals surface area contributed by atoms with E-state index in [1.165, 1.54) is 11.8 Å². The second-order valence-corrected chi connectivity index (χ2v) is 6.34. The number of fused-ring (bicyclic) bond motifs is 1. The first-order valence-electron chi connectivity index (χ1n) is 7.21. The quantitative estimate of drug-likeness (QED) is 0.500. The molecule has 0 spiro atoms. The van der Waals surface area contributed by atoms with Crippen LogP contribution in [-0.4, -0.2) is 34.4 Å². The van der Waals surface area contributed by atoms with Crippen molar-refractivity contribution in [3.63, 3.8) is 0 Å². The molecule has 0 saturated heterocycles.